The molecule has 0 aliphatic rings. The monoisotopic (exact) mass is 445 g/mol. The van der Waals surface area contributed by atoms with E-state index in [1.54, 1.807) is 17.8 Å². The van der Waals surface area contributed by atoms with Gasteiger partial charge in [-0.15, -0.1) is 0 Å². The third-order valence-electron chi connectivity index (χ3n) is 4.16. The third-order valence-corrected chi connectivity index (χ3v) is 5.44. The molecule has 0 aliphatic heterocycles. The number of benzene rings is 1. The maximum Gasteiger partial charge on any atom is 0.326 e. The summed E-state index contributed by atoms with van der Waals surface area (Å²) < 4.78 is 13.4. The van der Waals surface area contributed by atoms with E-state index in [4.69, 9.17) is 5.73 Å². The van der Waals surface area contributed by atoms with Crippen LogP contribution in [0.5, 0.6) is 0 Å². The first-order chi connectivity index (χ1) is 13.8. The number of carbonyl (C=O) groups excluding carboxylic acids is 2. The van der Waals surface area contributed by atoms with Crippen molar-refractivity contribution in [3.05, 3.63) is 35.6 Å². The first-order valence-corrected chi connectivity index (χ1v) is 11.9. The summed E-state index contributed by atoms with van der Waals surface area (Å²) in [6.07, 6.45) is 4.51. The predicted molar refractivity (Wildman–Crippen MR) is 116 cm³/mol. The molecule has 0 radical (unpaired) electrons. The van der Waals surface area contributed by atoms with Crippen molar-refractivity contribution in [1.82, 2.24) is 10.6 Å². The highest BCUT2D eigenvalue weighted by molar-refractivity contribution is 7.98. The molecule has 3 atom stereocenters. The van der Waals surface area contributed by atoms with E-state index >= 15 is 0 Å². The summed E-state index contributed by atoms with van der Waals surface area (Å²) in [5, 5.41) is 14.5. The van der Waals surface area contributed by atoms with Crippen molar-refractivity contribution >= 4 is 41.3 Å². The maximum absolute atomic E-state index is 13.4. The van der Waals surface area contributed by atoms with Crippen molar-refractivity contribution in [3.8, 4) is 0 Å². The number of hydrogen-bond acceptors (Lipinski definition) is 6. The summed E-state index contributed by atoms with van der Waals surface area (Å²) in [5.74, 6) is -1.47. The van der Waals surface area contributed by atoms with Crippen LogP contribution in [0.3, 0.4) is 0 Å². The minimum absolute atomic E-state index is 0.0741. The quantitative estimate of drug-likeness (QED) is 0.361. The average Bonchev–Trinajstić information content (AvgIpc) is 2.68. The van der Waals surface area contributed by atoms with Gasteiger partial charge in [-0.25, -0.2) is 9.18 Å². The molecule has 0 aromatic heterocycles. The molecule has 0 saturated carbocycles. The Bertz CT molecular complexity index is 693. The molecule has 10 heteroatoms. The van der Waals surface area contributed by atoms with Crippen LogP contribution >= 0.6 is 23.5 Å². The molecule has 162 valence electrons. The number of hydrogen-bond donors (Lipinski definition) is 4. The van der Waals surface area contributed by atoms with Crippen LogP contribution in [0.15, 0.2) is 24.3 Å². The lowest BCUT2D eigenvalue weighted by Gasteiger charge is -2.23. The fraction of sp³-hybridized carbons (Fsp3) is 0.526. The smallest absolute Gasteiger partial charge is 0.326 e. The van der Waals surface area contributed by atoms with Gasteiger partial charge in [-0.2, -0.15) is 23.5 Å². The summed E-state index contributed by atoms with van der Waals surface area (Å²) in [7, 11) is 0. The second-order valence-electron chi connectivity index (χ2n) is 6.46. The number of carboxylic acids is 1. The molecule has 1 rings (SSSR count). The molecule has 1 aromatic rings. The topological polar surface area (TPSA) is 122 Å². The SMILES string of the molecule is CSCC[C@H](NC(=O)[C@@H](N)CCSC)C(=O)N[C@@H](Cc1cccc(F)c1)C(=O)O. The number of aliphatic carboxylic acids is 1. The van der Waals surface area contributed by atoms with E-state index in [9.17, 15) is 23.9 Å². The molecule has 0 spiro atoms. The second kappa shape index (κ2) is 13.4. The Morgan fingerprint density at radius 2 is 1.69 bits per heavy atom. The highest BCUT2D eigenvalue weighted by atomic mass is 32.2. The van der Waals surface area contributed by atoms with E-state index in [1.165, 1.54) is 30.0 Å². The third kappa shape index (κ3) is 9.51. The Labute approximate surface area is 178 Å². The second-order valence-corrected chi connectivity index (χ2v) is 8.44. The predicted octanol–water partition coefficient (Wildman–Crippen LogP) is 1.26. The summed E-state index contributed by atoms with van der Waals surface area (Å²) in [5.41, 5.74) is 6.30. The highest BCUT2D eigenvalue weighted by Crippen LogP contribution is 2.09. The number of carboxylic acid groups (broad SMARTS) is 1. The van der Waals surface area contributed by atoms with Crippen LogP contribution < -0.4 is 16.4 Å². The molecule has 7 nitrogen and oxygen atoms in total. The molecule has 0 unspecified atom stereocenters. The molecule has 5 N–H and O–H groups in total. The maximum atomic E-state index is 13.4. The van der Waals surface area contributed by atoms with Gasteiger partial charge in [0.05, 0.1) is 6.04 Å². The van der Waals surface area contributed by atoms with E-state index < -0.39 is 41.7 Å². The molecule has 0 bridgehead atoms. The Morgan fingerprint density at radius 1 is 1.07 bits per heavy atom. The first-order valence-electron chi connectivity index (χ1n) is 9.10. The van der Waals surface area contributed by atoms with Crippen LogP contribution in [0.25, 0.3) is 0 Å². The van der Waals surface area contributed by atoms with Gasteiger partial charge >= 0.3 is 5.97 Å². The van der Waals surface area contributed by atoms with Crippen molar-refractivity contribution in [1.29, 1.82) is 0 Å². The molecular weight excluding hydrogens is 417 g/mol. The number of amides is 2. The number of nitrogens with two attached hydrogens (primary N) is 1. The van der Waals surface area contributed by atoms with E-state index in [0.717, 1.165) is 0 Å². The van der Waals surface area contributed by atoms with Gasteiger partial charge in [-0.05, 0) is 54.6 Å². The summed E-state index contributed by atoms with van der Waals surface area (Å²) >= 11 is 3.07. The number of carbonyl (C=O) groups is 3. The van der Waals surface area contributed by atoms with Crippen molar-refractivity contribution < 1.29 is 23.9 Å². The fourth-order valence-electron chi connectivity index (χ4n) is 2.53. The van der Waals surface area contributed by atoms with E-state index in [1.807, 2.05) is 12.5 Å². The van der Waals surface area contributed by atoms with Gasteiger partial charge in [-0.3, -0.25) is 9.59 Å². The lowest BCUT2D eigenvalue weighted by molar-refractivity contribution is -0.142. The lowest BCUT2D eigenvalue weighted by atomic mass is 10.0. The molecule has 0 heterocycles. The molecular formula is C19H28FN3O4S2. The van der Waals surface area contributed by atoms with Gasteiger partial charge in [0.2, 0.25) is 11.8 Å². The van der Waals surface area contributed by atoms with Crippen LogP contribution in [0.2, 0.25) is 0 Å². The summed E-state index contributed by atoms with van der Waals surface area (Å²) in [6.45, 7) is 0. The summed E-state index contributed by atoms with van der Waals surface area (Å²) in [4.78, 5) is 36.5. The van der Waals surface area contributed by atoms with E-state index in [2.05, 4.69) is 10.6 Å². The standard InChI is InChI=1S/C19H28FN3O4S2/c1-28-8-6-14(21)17(24)22-15(7-9-29-2)18(25)23-16(19(26)27)11-12-4-3-5-13(20)10-12/h3-5,10,14-16H,6-9,11,21H2,1-2H3,(H,22,24)(H,23,25)(H,26,27)/t14-,15-,16-/m0/s1. The van der Waals surface area contributed by atoms with Gasteiger partial charge in [0, 0.05) is 6.42 Å². The minimum Gasteiger partial charge on any atom is -0.480 e. The van der Waals surface area contributed by atoms with Crippen LogP contribution in [0.4, 0.5) is 4.39 Å². The zero-order chi connectivity index (χ0) is 21.8. The van der Waals surface area contributed by atoms with E-state index in [0.29, 0.717) is 29.9 Å². The summed E-state index contributed by atoms with van der Waals surface area (Å²) in [6, 6.07) is 2.65. The first kappa shape index (κ1) is 25.3. The Hall–Kier alpha value is -1.78. The van der Waals surface area contributed by atoms with Crippen LogP contribution in [0, 0.1) is 5.82 Å². The molecule has 0 fully saturated rings. The Kier molecular flexibility index (Phi) is 11.7. The van der Waals surface area contributed by atoms with Crippen LogP contribution in [-0.4, -0.2) is 65.0 Å². The van der Waals surface area contributed by atoms with Crippen LogP contribution in [0.1, 0.15) is 18.4 Å². The largest absolute Gasteiger partial charge is 0.480 e. The van der Waals surface area contributed by atoms with Crippen LogP contribution in [-0.2, 0) is 20.8 Å². The number of rotatable bonds is 13. The van der Waals surface area contributed by atoms with Crippen molar-refractivity contribution in [3.63, 3.8) is 0 Å². The number of thioether (sulfide) groups is 2. The van der Waals surface area contributed by atoms with Gasteiger partial charge < -0.3 is 21.5 Å². The number of nitrogens with one attached hydrogen (secondary N) is 2. The molecule has 1 aromatic carbocycles. The highest BCUT2D eigenvalue weighted by Gasteiger charge is 2.27. The normalized spacial score (nSPS) is 13.9. The Morgan fingerprint density at radius 3 is 2.28 bits per heavy atom. The molecule has 2 amide bonds. The zero-order valence-electron chi connectivity index (χ0n) is 16.5. The van der Waals surface area contributed by atoms with Gasteiger partial charge in [0.1, 0.15) is 17.9 Å². The van der Waals surface area contributed by atoms with Gasteiger partial charge in [-0.1, -0.05) is 12.1 Å². The molecule has 0 aliphatic carbocycles. The van der Waals surface area contributed by atoms with Crippen molar-refractivity contribution in [2.75, 3.05) is 24.0 Å². The van der Waals surface area contributed by atoms with Gasteiger partial charge in [0.25, 0.3) is 0 Å². The zero-order valence-corrected chi connectivity index (χ0v) is 18.2. The van der Waals surface area contributed by atoms with E-state index in [-0.39, 0.29) is 6.42 Å². The van der Waals surface area contributed by atoms with Crippen molar-refractivity contribution in [2.45, 2.75) is 37.4 Å². The molecule has 29 heavy (non-hydrogen) atoms. The fourth-order valence-corrected chi connectivity index (χ4v) is 3.49. The average molecular weight is 446 g/mol. The van der Waals surface area contributed by atoms with Crippen molar-refractivity contribution in [2.24, 2.45) is 5.73 Å². The van der Waals surface area contributed by atoms with Gasteiger partial charge in [0.15, 0.2) is 0 Å². The lowest BCUT2D eigenvalue weighted by Crippen LogP contribution is -2.55. The molecule has 0 saturated heterocycles. The number of halogens is 1. The minimum atomic E-state index is -1.25. The Balaban J connectivity index is 2.81.